The minimum Gasteiger partial charge on any atom is -0.295 e. The summed E-state index contributed by atoms with van der Waals surface area (Å²) in [4.78, 5) is 16.1. The molecule has 19 heavy (non-hydrogen) atoms. The van der Waals surface area contributed by atoms with Crippen LogP contribution in [-0.4, -0.2) is 19.2 Å². The topological polar surface area (TPSA) is 76.1 Å². The number of sulfonamides is 1. The van der Waals surface area contributed by atoms with Crippen molar-refractivity contribution in [2.75, 3.05) is 4.72 Å². The van der Waals surface area contributed by atoms with Crippen molar-refractivity contribution in [1.29, 1.82) is 0 Å². The number of aromatic nitrogens is 1. The molecule has 5 nitrogen and oxygen atoms in total. The van der Waals surface area contributed by atoms with Gasteiger partial charge in [0.15, 0.2) is 10.9 Å². The first kappa shape index (κ1) is 13.7. The lowest BCUT2D eigenvalue weighted by Gasteiger charge is -2.05. The maximum Gasteiger partial charge on any atom is 0.263 e. The van der Waals surface area contributed by atoms with Gasteiger partial charge in [0.05, 0.1) is 4.90 Å². The molecular formula is C12H12N2O3S2. The fourth-order valence-electron chi connectivity index (χ4n) is 1.44. The predicted molar refractivity (Wildman–Crippen MR) is 74.1 cm³/mol. The van der Waals surface area contributed by atoms with Crippen LogP contribution < -0.4 is 4.72 Å². The number of Topliss-reactive ketones (excluding diaryl/α,β-unsaturated/α-hetero) is 1. The number of nitrogens with zero attached hydrogens (tertiary/aromatic N) is 1. The van der Waals surface area contributed by atoms with Crippen LogP contribution in [0.5, 0.6) is 0 Å². The average Bonchev–Trinajstić information content (AvgIpc) is 2.74. The third-order valence-electron chi connectivity index (χ3n) is 2.41. The van der Waals surface area contributed by atoms with Crippen LogP contribution in [0.25, 0.3) is 0 Å². The molecule has 0 fully saturated rings. The van der Waals surface area contributed by atoms with E-state index in [1.54, 1.807) is 6.20 Å². The van der Waals surface area contributed by atoms with E-state index in [0.29, 0.717) is 10.7 Å². The first-order valence-corrected chi connectivity index (χ1v) is 7.75. The molecule has 0 aliphatic rings. The second-order valence-electron chi connectivity index (χ2n) is 3.96. The van der Waals surface area contributed by atoms with Crippen molar-refractivity contribution in [2.24, 2.45) is 0 Å². The van der Waals surface area contributed by atoms with Gasteiger partial charge < -0.3 is 0 Å². The summed E-state index contributed by atoms with van der Waals surface area (Å²) >= 11 is 1.26. The summed E-state index contributed by atoms with van der Waals surface area (Å²) < 4.78 is 26.5. The molecule has 1 N–H and O–H groups in total. The lowest BCUT2D eigenvalue weighted by atomic mass is 10.2. The van der Waals surface area contributed by atoms with Gasteiger partial charge in [0.2, 0.25) is 0 Å². The number of carbonyl (C=O) groups excluding carboxylic acids is 1. The third-order valence-corrected chi connectivity index (χ3v) is 4.73. The monoisotopic (exact) mass is 296 g/mol. The van der Waals surface area contributed by atoms with Crippen molar-refractivity contribution < 1.29 is 13.2 Å². The van der Waals surface area contributed by atoms with Crippen LogP contribution in [0.15, 0.2) is 35.4 Å². The summed E-state index contributed by atoms with van der Waals surface area (Å²) in [5, 5.41) is 0.327. The standard InChI is InChI=1S/C12H12N2O3S2/c1-8-7-13-12(18-8)14-19(16,17)11-5-3-10(4-6-11)9(2)15/h3-7H,1-2H3,(H,13,14). The van der Waals surface area contributed by atoms with Crippen LogP contribution in [0.3, 0.4) is 0 Å². The molecular weight excluding hydrogens is 284 g/mol. The highest BCUT2D eigenvalue weighted by molar-refractivity contribution is 7.93. The summed E-state index contributed by atoms with van der Waals surface area (Å²) in [6.07, 6.45) is 1.60. The number of nitrogens with one attached hydrogen (secondary N) is 1. The van der Waals surface area contributed by atoms with Crippen LogP contribution in [0.1, 0.15) is 22.2 Å². The maximum atomic E-state index is 12.1. The zero-order valence-corrected chi connectivity index (χ0v) is 12.0. The number of ketones is 1. The highest BCUT2D eigenvalue weighted by atomic mass is 32.2. The lowest BCUT2D eigenvalue weighted by Crippen LogP contribution is -2.12. The Morgan fingerprint density at radius 2 is 1.89 bits per heavy atom. The Labute approximate surface area is 115 Å². The molecule has 0 unspecified atom stereocenters. The van der Waals surface area contributed by atoms with Crippen LogP contribution in [0.4, 0.5) is 5.13 Å². The highest BCUT2D eigenvalue weighted by Gasteiger charge is 2.16. The zero-order chi connectivity index (χ0) is 14.0. The van der Waals surface area contributed by atoms with Crippen molar-refractivity contribution in [3.05, 3.63) is 40.9 Å². The van der Waals surface area contributed by atoms with Crippen LogP contribution >= 0.6 is 11.3 Å². The van der Waals surface area contributed by atoms with Gasteiger partial charge in [-0.2, -0.15) is 0 Å². The van der Waals surface area contributed by atoms with Gasteiger partial charge in [0, 0.05) is 16.6 Å². The van der Waals surface area contributed by atoms with E-state index in [9.17, 15) is 13.2 Å². The summed E-state index contributed by atoms with van der Waals surface area (Å²) in [6.45, 7) is 3.28. The second-order valence-corrected chi connectivity index (χ2v) is 6.88. The normalized spacial score (nSPS) is 11.3. The van der Waals surface area contributed by atoms with Gasteiger partial charge >= 0.3 is 0 Å². The number of benzene rings is 1. The van der Waals surface area contributed by atoms with E-state index < -0.39 is 10.0 Å². The molecule has 1 aromatic heterocycles. The van der Waals surface area contributed by atoms with E-state index in [2.05, 4.69) is 9.71 Å². The molecule has 1 heterocycles. The Morgan fingerprint density at radius 1 is 1.26 bits per heavy atom. The van der Waals surface area contributed by atoms with Crippen LogP contribution in [0, 0.1) is 6.92 Å². The second kappa shape index (κ2) is 5.10. The predicted octanol–water partition coefficient (Wildman–Crippen LogP) is 2.45. The molecule has 0 atom stereocenters. The number of carbonyl (C=O) groups is 1. The molecule has 0 spiro atoms. The molecule has 0 radical (unpaired) electrons. The number of aryl methyl sites for hydroxylation is 1. The van der Waals surface area contributed by atoms with Gasteiger partial charge in [0.1, 0.15) is 0 Å². The molecule has 0 amide bonds. The van der Waals surface area contributed by atoms with Crippen LogP contribution in [-0.2, 0) is 10.0 Å². The Morgan fingerprint density at radius 3 is 2.37 bits per heavy atom. The van der Waals surface area contributed by atoms with Gasteiger partial charge in [-0.25, -0.2) is 13.4 Å². The minimum absolute atomic E-state index is 0.102. The maximum absolute atomic E-state index is 12.1. The van der Waals surface area contributed by atoms with E-state index in [1.165, 1.54) is 42.5 Å². The van der Waals surface area contributed by atoms with E-state index >= 15 is 0 Å². The van der Waals surface area contributed by atoms with E-state index in [-0.39, 0.29) is 10.7 Å². The van der Waals surface area contributed by atoms with Gasteiger partial charge in [-0.1, -0.05) is 12.1 Å². The number of hydrogen-bond donors (Lipinski definition) is 1. The van der Waals surface area contributed by atoms with Gasteiger partial charge in [-0.05, 0) is 26.0 Å². The molecule has 0 aliphatic carbocycles. The third kappa shape index (κ3) is 3.18. The number of rotatable bonds is 4. The molecule has 2 rings (SSSR count). The Balaban J connectivity index is 2.26. The first-order valence-electron chi connectivity index (χ1n) is 5.45. The Kier molecular flexibility index (Phi) is 3.68. The summed E-state index contributed by atoms with van der Waals surface area (Å²) in [7, 11) is -3.66. The fourth-order valence-corrected chi connectivity index (χ4v) is 3.35. The molecule has 0 aliphatic heterocycles. The first-order chi connectivity index (χ1) is 8.88. The molecule has 0 saturated heterocycles. The van der Waals surface area contributed by atoms with Crippen molar-refractivity contribution in [1.82, 2.24) is 4.98 Å². The smallest absolute Gasteiger partial charge is 0.263 e. The number of thiazole rings is 1. The SMILES string of the molecule is CC(=O)c1ccc(S(=O)(=O)Nc2ncc(C)s2)cc1. The molecule has 0 bridgehead atoms. The van der Waals surface area contributed by atoms with E-state index in [4.69, 9.17) is 0 Å². The van der Waals surface area contributed by atoms with E-state index in [0.717, 1.165) is 4.88 Å². The van der Waals surface area contributed by atoms with Gasteiger partial charge in [0.25, 0.3) is 10.0 Å². The molecule has 7 heteroatoms. The van der Waals surface area contributed by atoms with Crippen molar-refractivity contribution in [3.63, 3.8) is 0 Å². The van der Waals surface area contributed by atoms with Crippen molar-refractivity contribution in [2.45, 2.75) is 18.7 Å². The molecule has 1 aromatic carbocycles. The quantitative estimate of drug-likeness (QED) is 0.879. The van der Waals surface area contributed by atoms with Crippen molar-refractivity contribution in [3.8, 4) is 0 Å². The molecule has 100 valence electrons. The van der Waals surface area contributed by atoms with Crippen LogP contribution in [0.2, 0.25) is 0 Å². The fraction of sp³-hybridized carbons (Fsp3) is 0.167. The Hall–Kier alpha value is -1.73. The zero-order valence-electron chi connectivity index (χ0n) is 10.4. The number of hydrogen-bond acceptors (Lipinski definition) is 5. The van der Waals surface area contributed by atoms with Crippen molar-refractivity contribution >= 4 is 32.3 Å². The Bertz CT molecular complexity index is 703. The lowest BCUT2D eigenvalue weighted by molar-refractivity contribution is 0.101. The minimum atomic E-state index is -3.66. The summed E-state index contributed by atoms with van der Waals surface area (Å²) in [6, 6.07) is 5.78. The van der Waals surface area contributed by atoms with Gasteiger partial charge in [-0.15, -0.1) is 11.3 Å². The highest BCUT2D eigenvalue weighted by Crippen LogP contribution is 2.21. The average molecular weight is 296 g/mol. The molecule has 0 saturated carbocycles. The summed E-state index contributed by atoms with van der Waals surface area (Å²) in [5.41, 5.74) is 0.476. The van der Waals surface area contributed by atoms with E-state index in [1.807, 2.05) is 6.92 Å². The van der Waals surface area contributed by atoms with Gasteiger partial charge in [-0.3, -0.25) is 9.52 Å². The molecule has 2 aromatic rings. The summed E-state index contributed by atoms with van der Waals surface area (Å²) in [5.74, 6) is -0.104. The largest absolute Gasteiger partial charge is 0.295 e. The number of anilines is 1.